The number of benzene rings is 3. The second-order valence-electron chi connectivity index (χ2n) is 10.3. The van der Waals surface area contributed by atoms with Gasteiger partial charge in [-0.15, -0.1) is 0 Å². The van der Waals surface area contributed by atoms with Crippen LogP contribution in [0.1, 0.15) is 60.8 Å². The Morgan fingerprint density at radius 1 is 0.957 bits per heavy atom. The van der Waals surface area contributed by atoms with Gasteiger partial charge in [-0.25, -0.2) is 14.6 Å². The van der Waals surface area contributed by atoms with Crippen molar-refractivity contribution in [3.05, 3.63) is 122 Å². The van der Waals surface area contributed by atoms with Crippen LogP contribution in [-0.4, -0.2) is 36.3 Å². The Morgan fingerprint density at radius 3 is 2.30 bits per heavy atom. The first kappa shape index (κ1) is 34.4. The number of carbonyl (C=O) groups excluding carboxylic acids is 2. The molecule has 0 bridgehead atoms. The van der Waals surface area contributed by atoms with Gasteiger partial charge in [0, 0.05) is 10.6 Å². The van der Waals surface area contributed by atoms with Gasteiger partial charge < -0.3 is 18.9 Å². The average Bonchev–Trinajstić information content (AvgIpc) is 3.34. The Kier molecular flexibility index (Phi) is 11.2. The minimum Gasteiger partial charge on any atom is -0.494 e. The second kappa shape index (κ2) is 15.3. The highest BCUT2D eigenvalue weighted by atomic mass is 127. The zero-order valence-electron chi connectivity index (χ0n) is 26.2. The van der Waals surface area contributed by atoms with Crippen molar-refractivity contribution in [2.45, 2.75) is 40.3 Å². The van der Waals surface area contributed by atoms with E-state index in [1.54, 1.807) is 63.2 Å². The van der Waals surface area contributed by atoms with Crippen LogP contribution in [0, 0.1) is 3.57 Å². The highest BCUT2D eigenvalue weighted by Crippen LogP contribution is 2.33. The van der Waals surface area contributed by atoms with Crippen LogP contribution in [0.2, 0.25) is 5.02 Å². The third-order valence-electron chi connectivity index (χ3n) is 7.20. The standard InChI is InChI=1S/C35H32ClIN2O7S/c1-5-43-26-14-12-22(13-15-26)30-29(34(42)45-7-3)20(4)38-35-39(30)32(40)28(47-35)17-24-16-25(36)18-27(37)31(24)46-19-21-8-10-23(11-9-21)33(41)44-6-2/h8-18,30H,5-7,19H2,1-4H3/b28-17-/t30-/m1/s1. The molecule has 12 heteroatoms. The number of thiazole rings is 1. The van der Waals surface area contributed by atoms with Crippen LogP contribution in [0.25, 0.3) is 6.08 Å². The van der Waals surface area contributed by atoms with Crippen molar-refractivity contribution in [3.8, 4) is 11.5 Å². The summed E-state index contributed by atoms with van der Waals surface area (Å²) in [6, 6.07) is 17.1. The number of fused-ring (bicyclic) bond motifs is 1. The first-order chi connectivity index (χ1) is 22.6. The monoisotopic (exact) mass is 786 g/mol. The lowest BCUT2D eigenvalue weighted by molar-refractivity contribution is -0.139. The molecular formula is C35H32ClIN2O7S. The SMILES string of the molecule is CCOC(=O)C1=C(C)N=c2s/c(=C\c3cc(Cl)cc(I)c3OCc3ccc(C(=O)OCC)cc3)c(=O)n2[C@@H]1c1ccc(OCC)cc1. The number of esters is 2. The molecule has 47 heavy (non-hydrogen) atoms. The Balaban J connectivity index is 1.56. The Bertz CT molecular complexity index is 2020. The van der Waals surface area contributed by atoms with Gasteiger partial charge in [0.1, 0.15) is 18.1 Å². The van der Waals surface area contributed by atoms with Gasteiger partial charge >= 0.3 is 11.9 Å². The quantitative estimate of drug-likeness (QED) is 0.132. The molecule has 244 valence electrons. The van der Waals surface area contributed by atoms with Gasteiger partial charge in [-0.3, -0.25) is 9.36 Å². The van der Waals surface area contributed by atoms with Gasteiger partial charge in [-0.2, -0.15) is 0 Å². The molecule has 4 aromatic rings. The molecule has 1 aliphatic rings. The third-order valence-corrected chi connectivity index (χ3v) is 9.20. The molecule has 0 radical (unpaired) electrons. The molecule has 0 aliphatic carbocycles. The third kappa shape index (κ3) is 7.63. The number of hydrogen-bond acceptors (Lipinski definition) is 9. The predicted octanol–water partition coefficient (Wildman–Crippen LogP) is 6.21. The van der Waals surface area contributed by atoms with Gasteiger partial charge in [-0.1, -0.05) is 47.2 Å². The van der Waals surface area contributed by atoms with E-state index in [2.05, 4.69) is 27.6 Å². The minimum atomic E-state index is -0.754. The minimum absolute atomic E-state index is 0.182. The molecule has 9 nitrogen and oxygen atoms in total. The van der Waals surface area contributed by atoms with E-state index in [0.717, 1.165) is 9.13 Å². The molecule has 5 rings (SSSR count). The maximum absolute atomic E-state index is 14.2. The number of aromatic nitrogens is 1. The van der Waals surface area contributed by atoms with Crippen LogP contribution < -0.4 is 24.4 Å². The lowest BCUT2D eigenvalue weighted by atomic mass is 9.96. The van der Waals surface area contributed by atoms with Crippen molar-refractivity contribution < 1.29 is 28.5 Å². The topological polar surface area (TPSA) is 105 Å². The van der Waals surface area contributed by atoms with Crippen molar-refractivity contribution in [1.29, 1.82) is 0 Å². The van der Waals surface area contributed by atoms with Crippen LogP contribution in [0.3, 0.4) is 0 Å². The number of rotatable bonds is 11. The van der Waals surface area contributed by atoms with Crippen molar-refractivity contribution in [1.82, 2.24) is 4.57 Å². The zero-order valence-corrected chi connectivity index (χ0v) is 29.9. The van der Waals surface area contributed by atoms with E-state index in [0.29, 0.717) is 67.0 Å². The number of ether oxygens (including phenoxy) is 4. The maximum Gasteiger partial charge on any atom is 0.338 e. The second-order valence-corrected chi connectivity index (χ2v) is 12.9. The lowest BCUT2D eigenvalue weighted by Crippen LogP contribution is -2.39. The van der Waals surface area contributed by atoms with Crippen LogP contribution in [-0.2, 0) is 20.9 Å². The molecule has 1 atom stereocenters. The summed E-state index contributed by atoms with van der Waals surface area (Å²) in [5.74, 6) is 0.310. The van der Waals surface area contributed by atoms with Crippen LogP contribution in [0.5, 0.6) is 11.5 Å². The first-order valence-corrected chi connectivity index (χ1v) is 17.2. The van der Waals surface area contributed by atoms with Crippen molar-refractivity contribution >= 4 is 63.5 Å². The van der Waals surface area contributed by atoms with Crippen molar-refractivity contribution in [2.24, 2.45) is 4.99 Å². The number of hydrogen-bond donors (Lipinski definition) is 0. The van der Waals surface area contributed by atoms with Gasteiger partial charge in [0.2, 0.25) is 0 Å². The van der Waals surface area contributed by atoms with Gasteiger partial charge in [0.25, 0.3) is 5.56 Å². The zero-order chi connectivity index (χ0) is 33.7. The summed E-state index contributed by atoms with van der Waals surface area (Å²) in [5, 5.41) is 0.479. The fourth-order valence-corrected chi connectivity index (χ4v) is 7.36. The fraction of sp³-hybridized carbons (Fsp3) is 0.257. The first-order valence-electron chi connectivity index (χ1n) is 14.9. The number of nitrogens with zero attached hydrogens (tertiary/aromatic N) is 2. The van der Waals surface area contributed by atoms with E-state index in [9.17, 15) is 14.4 Å². The lowest BCUT2D eigenvalue weighted by Gasteiger charge is -2.24. The summed E-state index contributed by atoms with van der Waals surface area (Å²) in [5.41, 5.74) is 3.07. The summed E-state index contributed by atoms with van der Waals surface area (Å²) in [6.07, 6.45) is 1.73. The molecule has 0 unspecified atom stereocenters. The van der Waals surface area contributed by atoms with Gasteiger partial charge in [-0.05, 0) is 104 Å². The smallest absolute Gasteiger partial charge is 0.338 e. The van der Waals surface area contributed by atoms with Crippen molar-refractivity contribution in [2.75, 3.05) is 19.8 Å². The van der Waals surface area contributed by atoms with E-state index in [1.165, 1.54) is 15.9 Å². The maximum atomic E-state index is 14.2. The molecule has 1 aliphatic heterocycles. The van der Waals surface area contributed by atoms with Crippen LogP contribution in [0.15, 0.2) is 81.7 Å². The number of carbonyl (C=O) groups is 2. The van der Waals surface area contributed by atoms with Gasteiger partial charge in [0.05, 0.1) is 50.8 Å². The van der Waals surface area contributed by atoms with E-state index in [1.807, 2.05) is 31.2 Å². The number of halogens is 2. The molecule has 0 saturated carbocycles. The summed E-state index contributed by atoms with van der Waals surface area (Å²) in [6.45, 7) is 8.35. The summed E-state index contributed by atoms with van der Waals surface area (Å²) >= 11 is 9.83. The highest BCUT2D eigenvalue weighted by Gasteiger charge is 2.33. The Labute approximate surface area is 294 Å². The molecule has 0 spiro atoms. The van der Waals surface area contributed by atoms with Crippen LogP contribution >= 0.6 is 45.5 Å². The molecule has 1 aromatic heterocycles. The van der Waals surface area contributed by atoms with Crippen LogP contribution in [0.4, 0.5) is 0 Å². The van der Waals surface area contributed by atoms with Crippen molar-refractivity contribution in [3.63, 3.8) is 0 Å². The van der Waals surface area contributed by atoms with E-state index >= 15 is 0 Å². The summed E-state index contributed by atoms with van der Waals surface area (Å²) in [7, 11) is 0. The number of allylic oxidation sites excluding steroid dienone is 1. The highest BCUT2D eigenvalue weighted by molar-refractivity contribution is 14.1. The summed E-state index contributed by atoms with van der Waals surface area (Å²) < 4.78 is 25.0. The van der Waals surface area contributed by atoms with E-state index in [-0.39, 0.29) is 24.7 Å². The van der Waals surface area contributed by atoms with Gasteiger partial charge in [0.15, 0.2) is 4.80 Å². The molecule has 0 amide bonds. The Hall–Kier alpha value is -3.94. The predicted molar refractivity (Wildman–Crippen MR) is 189 cm³/mol. The fourth-order valence-electron chi connectivity index (χ4n) is 5.11. The molecule has 0 fully saturated rings. The molecule has 0 saturated heterocycles. The summed E-state index contributed by atoms with van der Waals surface area (Å²) in [4.78, 5) is 44.5. The Morgan fingerprint density at radius 2 is 1.64 bits per heavy atom. The normalized spacial score (nSPS) is 14.3. The molecule has 3 aromatic carbocycles. The largest absolute Gasteiger partial charge is 0.494 e. The van der Waals surface area contributed by atoms with E-state index < -0.39 is 12.0 Å². The molecular weight excluding hydrogens is 755 g/mol. The average molecular weight is 787 g/mol. The molecule has 2 heterocycles. The van der Waals surface area contributed by atoms with E-state index in [4.69, 9.17) is 30.5 Å². The molecule has 0 N–H and O–H groups in total.